The van der Waals surface area contributed by atoms with Gasteiger partial charge in [0.1, 0.15) is 0 Å². The summed E-state index contributed by atoms with van der Waals surface area (Å²) < 4.78 is 0. The summed E-state index contributed by atoms with van der Waals surface area (Å²) in [4.78, 5) is 44.1. The molecule has 8 nitrogen and oxygen atoms in total. The SMILES string of the molecule is CC1=N/C(=C\c2[nH]c(C)c(CC(=O)N[C@H](C)c3cccc4ccccc34)c2C)C(C)=C1CC1=C(C)/C(=C\c2[nH]c(C)c(CC(=O)N[C@H](C)c3cccc4ccccc34)c2C)N=C1C. The first-order valence-corrected chi connectivity index (χ1v) is 22.0. The van der Waals surface area contributed by atoms with E-state index in [1.807, 2.05) is 64.1 Å². The molecule has 2 amide bonds. The van der Waals surface area contributed by atoms with Crippen LogP contribution in [0.5, 0.6) is 0 Å². The molecule has 0 radical (unpaired) electrons. The molecule has 63 heavy (non-hydrogen) atoms. The molecular weight excluding hydrogens is 777 g/mol. The number of aryl methyl sites for hydroxylation is 2. The number of fused-ring (bicyclic) bond motifs is 2. The van der Waals surface area contributed by atoms with Crippen molar-refractivity contribution < 1.29 is 9.59 Å². The Balaban J connectivity index is 0.951. The van der Waals surface area contributed by atoms with Crippen molar-refractivity contribution in [1.29, 1.82) is 0 Å². The van der Waals surface area contributed by atoms with Crippen molar-refractivity contribution in [3.8, 4) is 0 Å². The fourth-order valence-electron chi connectivity index (χ4n) is 9.53. The molecule has 2 aliphatic rings. The van der Waals surface area contributed by atoms with Crippen molar-refractivity contribution in [3.63, 3.8) is 0 Å². The van der Waals surface area contributed by atoms with Crippen LogP contribution in [0, 0.1) is 27.7 Å². The second-order valence-corrected chi connectivity index (χ2v) is 17.4. The molecule has 0 saturated carbocycles. The van der Waals surface area contributed by atoms with Crippen molar-refractivity contribution in [2.45, 2.75) is 101 Å². The average Bonchev–Trinajstić information content (AvgIpc) is 3.88. The van der Waals surface area contributed by atoms with Gasteiger partial charge in [-0.3, -0.25) is 19.6 Å². The van der Waals surface area contributed by atoms with Gasteiger partial charge >= 0.3 is 0 Å². The lowest BCUT2D eigenvalue weighted by Crippen LogP contribution is -2.28. The monoisotopic (exact) mass is 834 g/mol. The third-order valence-corrected chi connectivity index (χ3v) is 13.3. The quantitative estimate of drug-likeness (QED) is 0.0983. The maximum absolute atomic E-state index is 13.4. The van der Waals surface area contributed by atoms with Crippen LogP contribution in [0.2, 0.25) is 0 Å². The van der Waals surface area contributed by atoms with E-state index in [1.165, 1.54) is 21.9 Å². The van der Waals surface area contributed by atoms with Crippen LogP contribution in [0.15, 0.2) is 129 Å². The Morgan fingerprint density at radius 3 is 1.35 bits per heavy atom. The summed E-state index contributed by atoms with van der Waals surface area (Å²) in [6.07, 6.45) is 5.55. The zero-order chi connectivity index (χ0) is 44.7. The van der Waals surface area contributed by atoms with Crippen molar-refractivity contribution in [2.75, 3.05) is 0 Å². The van der Waals surface area contributed by atoms with Crippen LogP contribution < -0.4 is 10.6 Å². The Labute approximate surface area is 371 Å². The van der Waals surface area contributed by atoms with E-state index < -0.39 is 0 Å². The highest BCUT2D eigenvalue weighted by Crippen LogP contribution is 2.37. The topological polar surface area (TPSA) is 114 Å². The highest BCUT2D eigenvalue weighted by atomic mass is 16.2. The minimum Gasteiger partial charge on any atom is -0.359 e. The van der Waals surface area contributed by atoms with Gasteiger partial charge in [-0.15, -0.1) is 0 Å². The van der Waals surface area contributed by atoms with Crippen LogP contribution in [-0.4, -0.2) is 33.2 Å². The largest absolute Gasteiger partial charge is 0.359 e. The van der Waals surface area contributed by atoms with E-state index in [0.717, 1.165) is 107 Å². The molecule has 320 valence electrons. The summed E-state index contributed by atoms with van der Waals surface area (Å²) in [5.41, 5.74) is 18.8. The molecule has 8 rings (SSSR count). The Morgan fingerprint density at radius 2 is 0.937 bits per heavy atom. The normalized spacial score (nSPS) is 16.4. The number of hydrogen-bond acceptors (Lipinski definition) is 4. The average molecular weight is 835 g/mol. The zero-order valence-electron chi connectivity index (χ0n) is 38.2. The summed E-state index contributed by atoms with van der Waals surface area (Å²) in [6.45, 7) is 20.8. The minimum atomic E-state index is -0.123. The van der Waals surface area contributed by atoms with Gasteiger partial charge < -0.3 is 20.6 Å². The third kappa shape index (κ3) is 8.55. The summed E-state index contributed by atoms with van der Waals surface area (Å²) in [5.74, 6) is -0.0163. The number of carbonyl (C=O) groups excluding carboxylic acids is 2. The Kier molecular flexibility index (Phi) is 11.9. The minimum absolute atomic E-state index is 0.00816. The maximum atomic E-state index is 13.4. The molecule has 0 spiro atoms. The standard InChI is InChI=1S/C55H58N6O2/c1-30-46(36(7)56-50(30)28-52-32(3)48(38(9)58-52)26-54(62)60-34(5)42-23-15-19-40-17-11-13-21-44(40)42)25-47-31(2)51(57-37(47)8)29-53-33(4)49(39(10)59-53)27-55(63)61-35(6)43-24-16-20-41-18-12-14-22-45(41)43/h11-24,28-29,34-35,58-59H,25-27H2,1-10H3,(H,60,62)(H,61,63)/b50-28-,51-29+/t34-,35-/m1/s1. The van der Waals surface area contributed by atoms with E-state index >= 15 is 0 Å². The number of allylic oxidation sites excluding steroid dienone is 4. The zero-order valence-corrected chi connectivity index (χ0v) is 38.2. The number of benzene rings is 4. The van der Waals surface area contributed by atoms with Gasteiger partial charge in [0.05, 0.1) is 36.3 Å². The molecule has 0 saturated heterocycles. The fraction of sp³-hybridized carbons (Fsp3) is 0.273. The van der Waals surface area contributed by atoms with Crippen molar-refractivity contribution in [1.82, 2.24) is 20.6 Å². The maximum Gasteiger partial charge on any atom is 0.224 e. The van der Waals surface area contributed by atoms with Gasteiger partial charge in [0.2, 0.25) is 11.8 Å². The molecule has 0 unspecified atom stereocenters. The van der Waals surface area contributed by atoms with E-state index in [2.05, 4.69) is 123 Å². The highest BCUT2D eigenvalue weighted by molar-refractivity contribution is 6.09. The molecule has 4 aromatic carbocycles. The first kappa shape index (κ1) is 42.9. The smallest absolute Gasteiger partial charge is 0.224 e. The lowest BCUT2D eigenvalue weighted by atomic mass is 9.93. The number of aliphatic imine (C=N–C) groups is 2. The van der Waals surface area contributed by atoms with Crippen LogP contribution in [0.25, 0.3) is 33.7 Å². The molecular formula is C55H58N6O2. The van der Waals surface area contributed by atoms with Gasteiger partial charge in [-0.1, -0.05) is 84.9 Å². The lowest BCUT2D eigenvalue weighted by molar-refractivity contribution is -0.121. The highest BCUT2D eigenvalue weighted by Gasteiger charge is 2.26. The van der Waals surface area contributed by atoms with Crippen LogP contribution in [-0.2, 0) is 22.4 Å². The van der Waals surface area contributed by atoms with Crippen molar-refractivity contribution >= 4 is 56.9 Å². The van der Waals surface area contributed by atoms with E-state index in [1.54, 1.807) is 0 Å². The number of nitrogens with one attached hydrogen (secondary N) is 4. The second-order valence-electron chi connectivity index (χ2n) is 17.4. The third-order valence-electron chi connectivity index (χ3n) is 13.3. The molecule has 2 atom stereocenters. The van der Waals surface area contributed by atoms with E-state index in [-0.39, 0.29) is 23.9 Å². The number of aromatic amines is 2. The molecule has 0 aliphatic carbocycles. The molecule has 2 aliphatic heterocycles. The Bertz CT molecular complexity index is 2820. The molecule has 8 heteroatoms. The van der Waals surface area contributed by atoms with Crippen LogP contribution in [0.4, 0.5) is 0 Å². The van der Waals surface area contributed by atoms with Crippen molar-refractivity contribution in [3.05, 3.63) is 175 Å². The van der Waals surface area contributed by atoms with E-state index in [0.29, 0.717) is 12.8 Å². The van der Waals surface area contributed by atoms with Crippen LogP contribution in [0.3, 0.4) is 0 Å². The molecule has 0 fully saturated rings. The first-order valence-electron chi connectivity index (χ1n) is 22.0. The van der Waals surface area contributed by atoms with Crippen LogP contribution in [0.1, 0.15) is 116 Å². The number of carbonyl (C=O) groups is 2. The lowest BCUT2D eigenvalue weighted by Gasteiger charge is -2.17. The molecule has 0 bridgehead atoms. The summed E-state index contributed by atoms with van der Waals surface area (Å²) in [7, 11) is 0. The number of rotatable bonds is 12. The number of aromatic nitrogens is 2. The molecule has 6 aromatic rings. The summed E-state index contributed by atoms with van der Waals surface area (Å²) in [5, 5.41) is 11.1. The first-order chi connectivity index (χ1) is 30.2. The van der Waals surface area contributed by atoms with Gasteiger partial charge in [-0.05, 0) is 159 Å². The van der Waals surface area contributed by atoms with Gasteiger partial charge in [-0.25, -0.2) is 0 Å². The number of nitrogens with zero attached hydrogens (tertiary/aromatic N) is 2. The predicted octanol–water partition coefficient (Wildman–Crippen LogP) is 12.1. The van der Waals surface area contributed by atoms with Gasteiger partial charge in [-0.2, -0.15) is 0 Å². The van der Waals surface area contributed by atoms with Gasteiger partial charge in [0.15, 0.2) is 0 Å². The Morgan fingerprint density at radius 1 is 0.556 bits per heavy atom. The van der Waals surface area contributed by atoms with Crippen LogP contribution >= 0.6 is 0 Å². The fourth-order valence-corrected chi connectivity index (χ4v) is 9.53. The second kappa shape index (κ2) is 17.5. The number of H-pyrrole nitrogens is 2. The van der Waals surface area contributed by atoms with Crippen molar-refractivity contribution in [2.24, 2.45) is 9.98 Å². The summed E-state index contributed by atoms with van der Waals surface area (Å²) >= 11 is 0. The molecule has 2 aromatic heterocycles. The summed E-state index contributed by atoms with van der Waals surface area (Å²) in [6, 6.07) is 28.8. The predicted molar refractivity (Wildman–Crippen MR) is 261 cm³/mol. The number of amides is 2. The number of hydrogen-bond donors (Lipinski definition) is 4. The van der Waals surface area contributed by atoms with Gasteiger partial charge in [0, 0.05) is 40.6 Å². The van der Waals surface area contributed by atoms with E-state index in [4.69, 9.17) is 9.98 Å². The van der Waals surface area contributed by atoms with Gasteiger partial charge in [0.25, 0.3) is 0 Å². The molecule has 4 N–H and O–H groups in total. The van der Waals surface area contributed by atoms with E-state index in [9.17, 15) is 9.59 Å². The Hall–Kier alpha value is -6.80. The molecule has 4 heterocycles.